The molecule has 1 saturated heterocycles. The van der Waals surface area contributed by atoms with Crippen molar-refractivity contribution in [3.63, 3.8) is 0 Å². The van der Waals surface area contributed by atoms with E-state index in [1.165, 1.54) is 11.8 Å². The second kappa shape index (κ2) is 5.28. The molecule has 0 aliphatic carbocycles. The van der Waals surface area contributed by atoms with E-state index >= 15 is 0 Å². The summed E-state index contributed by atoms with van der Waals surface area (Å²) in [6.45, 7) is 3.32. The Labute approximate surface area is 121 Å². The number of anilines is 1. The lowest BCUT2D eigenvalue weighted by atomic mass is 10.2. The van der Waals surface area contributed by atoms with E-state index in [9.17, 15) is 9.59 Å². The third-order valence-corrected chi connectivity index (χ3v) is 4.51. The van der Waals surface area contributed by atoms with Crippen LogP contribution in [0.15, 0.2) is 29.3 Å². The van der Waals surface area contributed by atoms with Crippen LogP contribution in [0.2, 0.25) is 0 Å². The van der Waals surface area contributed by atoms with Gasteiger partial charge in [-0.05, 0) is 19.1 Å². The van der Waals surface area contributed by atoms with Crippen molar-refractivity contribution in [2.45, 2.75) is 18.6 Å². The average molecular weight is 289 g/mol. The van der Waals surface area contributed by atoms with E-state index < -0.39 is 0 Å². The molecule has 104 valence electrons. The van der Waals surface area contributed by atoms with Gasteiger partial charge < -0.3 is 5.32 Å². The smallest absolute Gasteiger partial charge is 0.242 e. The first-order chi connectivity index (χ1) is 9.63. The molecule has 6 heteroatoms. The Morgan fingerprint density at radius 3 is 2.90 bits per heavy atom. The van der Waals surface area contributed by atoms with Gasteiger partial charge in [-0.25, -0.2) is 0 Å². The highest BCUT2D eigenvalue weighted by Crippen LogP contribution is 2.31. The molecule has 2 heterocycles. The number of aliphatic imine (C=N–C) groups is 1. The summed E-state index contributed by atoms with van der Waals surface area (Å²) in [6.07, 6.45) is 0.187. The maximum Gasteiger partial charge on any atom is 0.242 e. The zero-order valence-electron chi connectivity index (χ0n) is 11.1. The Morgan fingerprint density at radius 1 is 1.45 bits per heavy atom. The summed E-state index contributed by atoms with van der Waals surface area (Å²) in [4.78, 5) is 30.0. The largest absolute Gasteiger partial charge is 0.326 e. The predicted molar refractivity (Wildman–Crippen MR) is 79.8 cm³/mol. The van der Waals surface area contributed by atoms with Gasteiger partial charge in [-0.2, -0.15) is 0 Å². The van der Waals surface area contributed by atoms with Crippen LogP contribution < -0.4 is 5.32 Å². The van der Waals surface area contributed by atoms with Crippen LogP contribution in [0.3, 0.4) is 0 Å². The Balaban J connectivity index is 1.59. The molecule has 2 amide bonds. The number of fused-ring (bicyclic) bond motifs is 1. The van der Waals surface area contributed by atoms with Crippen molar-refractivity contribution in [3.8, 4) is 0 Å². The third-order valence-electron chi connectivity index (χ3n) is 3.30. The molecule has 1 fully saturated rings. The molecule has 0 spiro atoms. The molecule has 1 aromatic carbocycles. The van der Waals surface area contributed by atoms with Gasteiger partial charge in [-0.1, -0.05) is 29.5 Å². The number of thioether (sulfide) groups is 1. The summed E-state index contributed by atoms with van der Waals surface area (Å²) in [7, 11) is 0. The Kier molecular flexibility index (Phi) is 3.48. The van der Waals surface area contributed by atoms with Crippen LogP contribution in [0, 0.1) is 6.92 Å². The lowest BCUT2D eigenvalue weighted by Crippen LogP contribution is -2.32. The fourth-order valence-corrected chi connectivity index (χ4v) is 3.42. The zero-order valence-corrected chi connectivity index (χ0v) is 11.9. The first-order valence-electron chi connectivity index (χ1n) is 6.52. The van der Waals surface area contributed by atoms with Crippen molar-refractivity contribution in [1.82, 2.24) is 4.90 Å². The quantitative estimate of drug-likeness (QED) is 0.920. The monoisotopic (exact) mass is 289 g/mol. The highest BCUT2D eigenvalue weighted by molar-refractivity contribution is 8.15. The number of rotatable bonds is 3. The van der Waals surface area contributed by atoms with Crippen LogP contribution in [-0.2, 0) is 9.59 Å². The molecule has 1 N–H and O–H groups in total. The first kappa shape index (κ1) is 13.2. The SMILES string of the molecule is Cc1ccc(NC(=O)C[C@@H]2SC3=NCCN3C2=O)cc1. The number of carbonyl (C=O) groups is 2. The van der Waals surface area contributed by atoms with Gasteiger partial charge >= 0.3 is 0 Å². The lowest BCUT2D eigenvalue weighted by Gasteiger charge is -2.10. The van der Waals surface area contributed by atoms with Crippen LogP contribution in [0.4, 0.5) is 5.69 Å². The highest BCUT2D eigenvalue weighted by Gasteiger charge is 2.40. The van der Waals surface area contributed by atoms with Crippen molar-refractivity contribution < 1.29 is 9.59 Å². The van der Waals surface area contributed by atoms with Crippen molar-refractivity contribution in [1.29, 1.82) is 0 Å². The van der Waals surface area contributed by atoms with E-state index in [1.54, 1.807) is 4.90 Å². The van der Waals surface area contributed by atoms with Crippen LogP contribution in [0.1, 0.15) is 12.0 Å². The van der Waals surface area contributed by atoms with E-state index in [0.29, 0.717) is 13.1 Å². The molecule has 0 bridgehead atoms. The molecular weight excluding hydrogens is 274 g/mol. The van der Waals surface area contributed by atoms with Crippen molar-refractivity contribution >= 4 is 34.4 Å². The number of aryl methyl sites for hydroxylation is 1. The second-order valence-electron chi connectivity index (χ2n) is 4.88. The van der Waals surface area contributed by atoms with Crippen LogP contribution >= 0.6 is 11.8 Å². The fraction of sp³-hybridized carbons (Fsp3) is 0.357. The van der Waals surface area contributed by atoms with Crippen LogP contribution in [0.5, 0.6) is 0 Å². The summed E-state index contributed by atoms with van der Waals surface area (Å²) in [5, 5.41) is 3.25. The van der Waals surface area contributed by atoms with E-state index in [-0.39, 0.29) is 23.5 Å². The van der Waals surface area contributed by atoms with Gasteiger partial charge in [0.05, 0.1) is 6.54 Å². The normalized spacial score (nSPS) is 20.9. The zero-order chi connectivity index (χ0) is 14.1. The van der Waals surface area contributed by atoms with Gasteiger partial charge in [0.15, 0.2) is 5.17 Å². The number of amides is 2. The lowest BCUT2D eigenvalue weighted by molar-refractivity contribution is -0.127. The van der Waals surface area contributed by atoms with E-state index in [1.807, 2.05) is 31.2 Å². The number of amidine groups is 1. The molecule has 1 aromatic rings. The number of hydrogen-bond acceptors (Lipinski definition) is 4. The summed E-state index contributed by atoms with van der Waals surface area (Å²) >= 11 is 1.40. The van der Waals surface area contributed by atoms with Crippen molar-refractivity contribution in [2.75, 3.05) is 18.4 Å². The number of benzene rings is 1. The molecule has 0 radical (unpaired) electrons. The molecule has 3 rings (SSSR count). The van der Waals surface area contributed by atoms with Gasteiger partial charge in [0, 0.05) is 18.7 Å². The molecule has 5 nitrogen and oxygen atoms in total. The average Bonchev–Trinajstić information content (AvgIpc) is 2.97. The number of nitrogens with zero attached hydrogens (tertiary/aromatic N) is 2. The fourth-order valence-electron chi connectivity index (χ4n) is 2.23. The van der Waals surface area contributed by atoms with E-state index in [0.717, 1.165) is 16.4 Å². The Bertz CT molecular complexity index is 583. The molecule has 0 saturated carbocycles. The first-order valence-corrected chi connectivity index (χ1v) is 7.40. The summed E-state index contributed by atoms with van der Waals surface area (Å²) < 4.78 is 0. The predicted octanol–water partition coefficient (Wildman–Crippen LogP) is 1.64. The molecule has 20 heavy (non-hydrogen) atoms. The van der Waals surface area contributed by atoms with Gasteiger partial charge in [0.1, 0.15) is 5.25 Å². The maximum atomic E-state index is 12.1. The summed E-state index contributed by atoms with van der Waals surface area (Å²) in [5.41, 5.74) is 1.90. The molecular formula is C14H15N3O2S. The summed E-state index contributed by atoms with van der Waals surface area (Å²) in [5.74, 6) is -0.133. The number of hydrogen-bond donors (Lipinski definition) is 1. The Morgan fingerprint density at radius 2 is 2.20 bits per heavy atom. The van der Waals surface area contributed by atoms with Gasteiger partial charge in [-0.15, -0.1) is 0 Å². The standard InChI is InChI=1S/C14H15N3O2S/c1-9-2-4-10(5-3-9)16-12(18)8-11-13(19)17-7-6-15-14(17)20-11/h2-5,11H,6-8H2,1H3,(H,16,18)/t11-/m0/s1. The van der Waals surface area contributed by atoms with Crippen LogP contribution in [0.25, 0.3) is 0 Å². The topological polar surface area (TPSA) is 61.8 Å². The third kappa shape index (κ3) is 2.56. The highest BCUT2D eigenvalue weighted by atomic mass is 32.2. The van der Waals surface area contributed by atoms with Crippen LogP contribution in [-0.4, -0.2) is 40.2 Å². The number of carbonyl (C=O) groups excluding carboxylic acids is 2. The second-order valence-corrected chi connectivity index (χ2v) is 6.05. The minimum absolute atomic E-state index is 0.00491. The van der Waals surface area contributed by atoms with Crippen molar-refractivity contribution in [3.05, 3.63) is 29.8 Å². The van der Waals surface area contributed by atoms with Crippen molar-refractivity contribution in [2.24, 2.45) is 4.99 Å². The van der Waals surface area contributed by atoms with E-state index in [2.05, 4.69) is 10.3 Å². The number of nitrogens with one attached hydrogen (secondary N) is 1. The molecule has 2 aliphatic heterocycles. The molecule has 0 unspecified atom stereocenters. The molecule has 0 aromatic heterocycles. The van der Waals surface area contributed by atoms with E-state index in [4.69, 9.17) is 0 Å². The van der Waals surface area contributed by atoms with Gasteiger partial charge in [-0.3, -0.25) is 19.5 Å². The van der Waals surface area contributed by atoms with Gasteiger partial charge in [0.2, 0.25) is 11.8 Å². The molecule has 2 aliphatic rings. The molecule has 1 atom stereocenters. The summed E-state index contributed by atoms with van der Waals surface area (Å²) in [6, 6.07) is 7.60. The van der Waals surface area contributed by atoms with Gasteiger partial charge in [0.25, 0.3) is 0 Å². The minimum atomic E-state index is -0.334. The minimum Gasteiger partial charge on any atom is -0.326 e. The maximum absolute atomic E-state index is 12.1. The Hall–Kier alpha value is -1.82.